The Kier molecular flexibility index (Phi) is 7.85. The maximum atomic E-state index is 13.9. The number of halogens is 3. The average Bonchev–Trinajstić information content (AvgIpc) is 2.78. The van der Waals surface area contributed by atoms with E-state index in [2.05, 4.69) is 22.9 Å². The van der Waals surface area contributed by atoms with E-state index in [-0.39, 0.29) is 0 Å². The summed E-state index contributed by atoms with van der Waals surface area (Å²) in [6, 6.07) is 10.1. The Morgan fingerprint density at radius 1 is 1.12 bits per heavy atom. The van der Waals surface area contributed by atoms with Crippen LogP contribution in [0.1, 0.15) is 37.3 Å². The molecule has 170 valence electrons. The zero-order valence-corrected chi connectivity index (χ0v) is 19.1. The maximum absolute atomic E-state index is 13.9. The highest BCUT2D eigenvalue weighted by Gasteiger charge is 2.37. The number of allylic oxidation sites excluding steroid dienone is 2. The van der Waals surface area contributed by atoms with E-state index >= 15 is 0 Å². The highest BCUT2D eigenvalue weighted by Crippen LogP contribution is 2.46. The van der Waals surface area contributed by atoms with E-state index in [1.54, 1.807) is 0 Å². The Hall–Kier alpha value is -2.51. The van der Waals surface area contributed by atoms with Crippen LogP contribution in [0, 0.1) is 35.2 Å². The van der Waals surface area contributed by atoms with Crippen LogP contribution in [0.2, 0.25) is 0 Å². The van der Waals surface area contributed by atoms with Crippen molar-refractivity contribution >= 4 is 24.7 Å². The van der Waals surface area contributed by atoms with Crippen molar-refractivity contribution in [2.75, 3.05) is 11.9 Å². The SMILES string of the molecule is CCC1(Cc2cc(F)c(F)c(F)c2)CC(C=N)=C(Nc2ccc(C)cc2)C=C1CCNS. The van der Waals surface area contributed by atoms with Crippen molar-refractivity contribution in [1.82, 2.24) is 4.72 Å². The van der Waals surface area contributed by atoms with Gasteiger partial charge in [-0.15, -0.1) is 0 Å². The van der Waals surface area contributed by atoms with Gasteiger partial charge in [-0.2, -0.15) is 0 Å². The third-order valence-electron chi connectivity index (χ3n) is 6.15. The summed E-state index contributed by atoms with van der Waals surface area (Å²) in [6.07, 6.45) is 5.60. The minimum Gasteiger partial charge on any atom is -0.355 e. The Morgan fingerprint density at radius 2 is 1.78 bits per heavy atom. The van der Waals surface area contributed by atoms with E-state index in [1.165, 1.54) is 6.21 Å². The van der Waals surface area contributed by atoms with Crippen molar-refractivity contribution in [3.05, 3.63) is 87.9 Å². The number of benzene rings is 2. The molecule has 0 spiro atoms. The third kappa shape index (κ3) is 5.27. The second kappa shape index (κ2) is 10.4. The molecule has 1 aliphatic rings. The molecule has 0 radical (unpaired) electrons. The minimum absolute atomic E-state index is 0.338. The van der Waals surface area contributed by atoms with E-state index in [4.69, 9.17) is 5.41 Å². The second-order valence-corrected chi connectivity index (χ2v) is 8.58. The summed E-state index contributed by atoms with van der Waals surface area (Å²) in [5, 5.41) is 11.4. The Morgan fingerprint density at radius 3 is 2.34 bits per heavy atom. The first-order chi connectivity index (χ1) is 15.3. The molecule has 0 fully saturated rings. The topological polar surface area (TPSA) is 47.9 Å². The lowest BCUT2D eigenvalue weighted by molar-refractivity contribution is 0.320. The lowest BCUT2D eigenvalue weighted by atomic mass is 9.65. The number of aryl methyl sites for hydroxylation is 1. The number of anilines is 1. The van der Waals surface area contributed by atoms with Crippen LogP contribution in [-0.2, 0) is 6.42 Å². The number of hydrogen-bond donors (Lipinski definition) is 4. The molecule has 1 aliphatic carbocycles. The van der Waals surface area contributed by atoms with E-state index in [1.807, 2.05) is 44.2 Å². The quantitative estimate of drug-likeness (QED) is 0.196. The van der Waals surface area contributed by atoms with Gasteiger partial charge in [0.15, 0.2) is 17.5 Å². The fourth-order valence-corrected chi connectivity index (χ4v) is 4.42. The van der Waals surface area contributed by atoms with Crippen LogP contribution in [0.3, 0.4) is 0 Å². The third-order valence-corrected chi connectivity index (χ3v) is 6.37. The van der Waals surface area contributed by atoms with Crippen molar-refractivity contribution in [3.8, 4) is 0 Å². The molecule has 0 amide bonds. The van der Waals surface area contributed by atoms with Gasteiger partial charge in [0.2, 0.25) is 0 Å². The molecule has 0 heterocycles. The zero-order valence-electron chi connectivity index (χ0n) is 18.2. The van der Waals surface area contributed by atoms with Crippen molar-refractivity contribution in [3.63, 3.8) is 0 Å². The monoisotopic (exact) mass is 459 g/mol. The normalized spacial score (nSPS) is 18.5. The number of rotatable bonds is 9. The van der Waals surface area contributed by atoms with E-state index < -0.39 is 22.9 Å². The fourth-order valence-electron chi connectivity index (χ4n) is 4.31. The highest BCUT2D eigenvalue weighted by molar-refractivity contribution is 7.78. The summed E-state index contributed by atoms with van der Waals surface area (Å²) >= 11 is 4.11. The lowest BCUT2D eigenvalue weighted by Gasteiger charge is -2.40. The summed E-state index contributed by atoms with van der Waals surface area (Å²) in [7, 11) is 0. The molecule has 2 aromatic rings. The molecule has 1 unspecified atom stereocenters. The zero-order chi connectivity index (χ0) is 23.3. The van der Waals surface area contributed by atoms with Gasteiger partial charge in [-0.25, -0.2) is 13.2 Å². The van der Waals surface area contributed by atoms with Gasteiger partial charge in [-0.1, -0.05) is 43.0 Å². The molecule has 7 heteroatoms. The van der Waals surface area contributed by atoms with Gasteiger partial charge in [0.25, 0.3) is 0 Å². The second-order valence-electron chi connectivity index (χ2n) is 8.26. The highest BCUT2D eigenvalue weighted by atomic mass is 32.1. The predicted octanol–water partition coefficient (Wildman–Crippen LogP) is 6.52. The molecule has 0 saturated carbocycles. The molecule has 0 aromatic heterocycles. The molecule has 3 rings (SSSR count). The Balaban J connectivity index is 2.01. The molecule has 0 saturated heterocycles. The Bertz CT molecular complexity index is 1020. The molecule has 0 aliphatic heterocycles. The van der Waals surface area contributed by atoms with Gasteiger partial charge in [0.05, 0.1) is 0 Å². The molecule has 1 atom stereocenters. The van der Waals surface area contributed by atoms with Gasteiger partial charge in [-0.05, 0) is 79.5 Å². The maximum Gasteiger partial charge on any atom is 0.194 e. The van der Waals surface area contributed by atoms with Crippen molar-refractivity contribution in [2.45, 2.75) is 39.5 Å². The number of thiol groups is 1. The van der Waals surface area contributed by atoms with Crippen molar-refractivity contribution < 1.29 is 13.2 Å². The molecule has 3 N–H and O–H groups in total. The van der Waals surface area contributed by atoms with Crippen LogP contribution in [0.4, 0.5) is 18.9 Å². The van der Waals surface area contributed by atoms with Gasteiger partial charge in [0, 0.05) is 24.1 Å². The smallest absolute Gasteiger partial charge is 0.194 e. The van der Waals surface area contributed by atoms with Crippen LogP contribution < -0.4 is 10.0 Å². The van der Waals surface area contributed by atoms with Gasteiger partial charge in [0.1, 0.15) is 0 Å². The summed E-state index contributed by atoms with van der Waals surface area (Å²) < 4.78 is 44.1. The van der Waals surface area contributed by atoms with Gasteiger partial charge < -0.3 is 10.7 Å². The number of hydrogen-bond acceptors (Lipinski definition) is 4. The summed E-state index contributed by atoms with van der Waals surface area (Å²) in [6.45, 7) is 4.66. The van der Waals surface area contributed by atoms with Crippen LogP contribution in [0.15, 0.2) is 59.3 Å². The molecule has 2 aromatic carbocycles. The minimum atomic E-state index is -1.46. The summed E-state index contributed by atoms with van der Waals surface area (Å²) in [5.41, 5.74) is 4.74. The average molecular weight is 460 g/mol. The van der Waals surface area contributed by atoms with E-state index in [0.29, 0.717) is 37.8 Å². The first kappa shape index (κ1) is 24.1. The largest absolute Gasteiger partial charge is 0.355 e. The molecule has 3 nitrogen and oxygen atoms in total. The molecular weight excluding hydrogens is 431 g/mol. The van der Waals surface area contributed by atoms with Crippen LogP contribution in [-0.4, -0.2) is 12.8 Å². The molecular formula is C25H28F3N3S. The lowest BCUT2D eigenvalue weighted by Crippen LogP contribution is -2.32. The van der Waals surface area contributed by atoms with Crippen molar-refractivity contribution in [1.29, 1.82) is 5.41 Å². The number of nitrogens with one attached hydrogen (secondary N) is 3. The first-order valence-corrected chi connectivity index (χ1v) is 11.1. The molecule has 32 heavy (non-hydrogen) atoms. The Labute approximate surface area is 192 Å². The summed E-state index contributed by atoms with van der Waals surface area (Å²) in [4.78, 5) is 0. The standard InChI is InChI=1S/C25H28F3N3S/c1-3-25(13-17-10-21(26)24(28)22(27)11-17)14-18(15-29)23(12-19(25)8-9-30-32)31-20-6-4-16(2)5-7-20/h4-7,10-12,15,29-32H,3,8-9,13-14H2,1-2H3. The van der Waals surface area contributed by atoms with E-state index in [0.717, 1.165) is 40.2 Å². The van der Waals surface area contributed by atoms with Crippen LogP contribution in [0.5, 0.6) is 0 Å². The van der Waals surface area contributed by atoms with E-state index in [9.17, 15) is 13.2 Å². The van der Waals surface area contributed by atoms with Crippen LogP contribution >= 0.6 is 12.8 Å². The molecule has 0 bridgehead atoms. The first-order valence-electron chi connectivity index (χ1n) is 10.6. The predicted molar refractivity (Wildman–Crippen MR) is 128 cm³/mol. The van der Waals surface area contributed by atoms with Gasteiger partial charge in [-0.3, -0.25) is 4.72 Å². The summed E-state index contributed by atoms with van der Waals surface area (Å²) in [5.74, 6) is -3.83. The van der Waals surface area contributed by atoms with Gasteiger partial charge >= 0.3 is 0 Å². The van der Waals surface area contributed by atoms with Crippen LogP contribution in [0.25, 0.3) is 0 Å². The fraction of sp³-hybridized carbons (Fsp3) is 0.320. The van der Waals surface area contributed by atoms with Crippen molar-refractivity contribution in [2.24, 2.45) is 5.41 Å².